The van der Waals surface area contributed by atoms with E-state index in [0.717, 1.165) is 6.54 Å². The fourth-order valence-corrected chi connectivity index (χ4v) is 1.94. The lowest BCUT2D eigenvalue weighted by Gasteiger charge is -1.96. The highest BCUT2D eigenvalue weighted by Crippen LogP contribution is 2.07. The summed E-state index contributed by atoms with van der Waals surface area (Å²) in [4.78, 5) is 12.4. The largest absolute Gasteiger partial charge is 0.431 e. The number of hydrogen-bond donors (Lipinski definition) is 2. The van der Waals surface area contributed by atoms with Crippen molar-refractivity contribution in [1.82, 2.24) is 10.6 Å². The van der Waals surface area contributed by atoms with Crippen LogP contribution >= 0.6 is 11.3 Å². The monoisotopic (exact) mass is 226 g/mol. The third-order valence-electron chi connectivity index (χ3n) is 2.09. The summed E-state index contributed by atoms with van der Waals surface area (Å²) in [5.41, 5.74) is 0.266. The molecule has 0 aromatic carbocycles. The van der Waals surface area contributed by atoms with Crippen molar-refractivity contribution in [2.45, 2.75) is 13.1 Å². The lowest BCUT2D eigenvalue weighted by Crippen LogP contribution is -2.38. The van der Waals surface area contributed by atoms with Crippen molar-refractivity contribution in [2.75, 3.05) is 0 Å². The van der Waals surface area contributed by atoms with Crippen LogP contribution < -0.4 is 15.6 Å². The summed E-state index contributed by atoms with van der Waals surface area (Å²) < 4.78 is 6.20. The first-order valence-corrected chi connectivity index (χ1v) is 5.45. The first kappa shape index (κ1) is 10.1. The van der Waals surface area contributed by atoms with Crippen LogP contribution in [0.5, 0.6) is 0 Å². The van der Waals surface area contributed by atoms with Crippen LogP contribution in [0.25, 0.3) is 0 Å². The smallest absolute Gasteiger partial charge is 0.302 e. The van der Waals surface area contributed by atoms with E-state index in [1.807, 2.05) is 11.4 Å². The molecular weight excluding hydrogens is 214 g/mol. The van der Waals surface area contributed by atoms with Crippen LogP contribution in [0.2, 0.25) is 0 Å². The summed E-state index contributed by atoms with van der Waals surface area (Å²) in [6.07, 6.45) is 0. The molecule has 2 N–H and O–H groups in total. The predicted octanol–water partition coefficient (Wildman–Crippen LogP) is 0.144. The number of hydrogen-bond acceptors (Lipinski definition) is 4. The fourth-order valence-electron chi connectivity index (χ4n) is 1.27. The van der Waals surface area contributed by atoms with Crippen LogP contribution in [0.15, 0.2) is 26.8 Å². The highest BCUT2D eigenvalue weighted by Gasteiger charge is 2.15. The van der Waals surface area contributed by atoms with E-state index in [-0.39, 0.29) is 5.63 Å². The Labute approximate surface area is 90.3 Å². The molecule has 0 amide bonds. The standard InChI is InChI=1S/C9H11N3O2S/c1-12-8(9(13)14-11-12)6-10-5-7-3-2-4-15-7/h2-4,10H,5-6H2,1H3/p+1. The van der Waals surface area contributed by atoms with Crippen LogP contribution in [0.1, 0.15) is 10.6 Å². The second kappa shape index (κ2) is 4.41. The predicted molar refractivity (Wildman–Crippen MR) is 55.4 cm³/mol. The molecule has 80 valence electrons. The van der Waals surface area contributed by atoms with Crippen molar-refractivity contribution < 1.29 is 9.20 Å². The van der Waals surface area contributed by atoms with E-state index in [0.29, 0.717) is 12.2 Å². The van der Waals surface area contributed by atoms with Gasteiger partial charge in [0.15, 0.2) is 7.05 Å². The maximum atomic E-state index is 11.2. The van der Waals surface area contributed by atoms with E-state index in [4.69, 9.17) is 0 Å². The highest BCUT2D eigenvalue weighted by molar-refractivity contribution is 7.09. The lowest BCUT2D eigenvalue weighted by molar-refractivity contribution is -0.746. The van der Waals surface area contributed by atoms with Crippen molar-refractivity contribution in [3.8, 4) is 0 Å². The van der Waals surface area contributed by atoms with Gasteiger partial charge in [-0.25, -0.2) is 4.79 Å². The minimum Gasteiger partial charge on any atom is -0.302 e. The molecule has 5 nitrogen and oxygen atoms in total. The molecule has 0 atom stereocenters. The third kappa shape index (κ3) is 2.34. The van der Waals surface area contributed by atoms with E-state index in [1.54, 1.807) is 23.1 Å². The van der Waals surface area contributed by atoms with Gasteiger partial charge in [0.1, 0.15) is 0 Å². The molecule has 0 radical (unpaired) electrons. The van der Waals surface area contributed by atoms with Crippen molar-refractivity contribution in [2.24, 2.45) is 7.05 Å². The summed E-state index contributed by atoms with van der Waals surface area (Å²) in [6, 6.07) is 4.06. The molecule has 6 heteroatoms. The summed E-state index contributed by atoms with van der Waals surface area (Å²) >= 11 is 1.69. The Morgan fingerprint density at radius 2 is 2.47 bits per heavy atom. The zero-order valence-corrected chi connectivity index (χ0v) is 9.13. The van der Waals surface area contributed by atoms with Gasteiger partial charge in [0, 0.05) is 11.4 Å². The van der Waals surface area contributed by atoms with Gasteiger partial charge in [-0.3, -0.25) is 4.52 Å². The van der Waals surface area contributed by atoms with Crippen LogP contribution in [-0.4, -0.2) is 5.27 Å². The van der Waals surface area contributed by atoms with Crippen LogP contribution in [0.3, 0.4) is 0 Å². The summed E-state index contributed by atoms with van der Waals surface area (Å²) in [7, 11) is 1.74. The first-order chi connectivity index (χ1) is 7.27. The number of nitrogens with one attached hydrogen (secondary N) is 2. The molecule has 0 aliphatic rings. The van der Waals surface area contributed by atoms with E-state index in [1.165, 1.54) is 4.88 Å². The van der Waals surface area contributed by atoms with Gasteiger partial charge >= 0.3 is 11.3 Å². The first-order valence-electron chi connectivity index (χ1n) is 4.57. The zero-order valence-electron chi connectivity index (χ0n) is 8.32. The fraction of sp³-hybridized carbons (Fsp3) is 0.333. The highest BCUT2D eigenvalue weighted by atomic mass is 32.1. The molecular formula is C9H12N3O2S+. The number of H-pyrrole nitrogens is 1. The topological polar surface area (TPSA) is 61.9 Å². The summed E-state index contributed by atoms with van der Waals surface area (Å²) in [5, 5.41) is 7.68. The Bertz CT molecular complexity index is 472. The molecule has 0 saturated carbocycles. The number of nitrogens with zero attached hydrogens (tertiary/aromatic N) is 1. The molecule has 2 heterocycles. The zero-order chi connectivity index (χ0) is 10.7. The minimum absolute atomic E-state index is 0.323. The molecule has 0 aliphatic heterocycles. The Morgan fingerprint density at radius 3 is 3.07 bits per heavy atom. The molecule has 2 aromatic rings. The maximum absolute atomic E-state index is 11.2. The molecule has 0 aliphatic carbocycles. The number of rotatable bonds is 4. The normalized spacial score (nSPS) is 10.7. The maximum Gasteiger partial charge on any atom is 0.431 e. The molecule has 0 spiro atoms. The van der Waals surface area contributed by atoms with Gasteiger partial charge in [-0.1, -0.05) is 10.7 Å². The van der Waals surface area contributed by atoms with E-state index in [2.05, 4.69) is 21.2 Å². The van der Waals surface area contributed by atoms with Gasteiger partial charge < -0.3 is 5.32 Å². The molecule has 0 fully saturated rings. The second-order valence-electron chi connectivity index (χ2n) is 3.17. The van der Waals surface area contributed by atoms with Gasteiger partial charge in [0.2, 0.25) is 0 Å². The van der Waals surface area contributed by atoms with Gasteiger partial charge in [0.05, 0.1) is 6.54 Å². The van der Waals surface area contributed by atoms with Gasteiger partial charge in [-0.15, -0.1) is 11.3 Å². The summed E-state index contributed by atoms with van der Waals surface area (Å²) in [6.45, 7) is 1.27. The Hall–Kier alpha value is -1.40. The molecule has 2 rings (SSSR count). The number of thiophene rings is 1. The Kier molecular flexibility index (Phi) is 2.98. The van der Waals surface area contributed by atoms with E-state index in [9.17, 15) is 4.79 Å². The van der Waals surface area contributed by atoms with Crippen LogP contribution in [-0.2, 0) is 20.1 Å². The second-order valence-corrected chi connectivity index (χ2v) is 4.20. The average molecular weight is 226 g/mol. The SMILES string of the molecule is C[n+]1[nH]oc(=O)c1CNCc1cccs1. The van der Waals surface area contributed by atoms with Gasteiger partial charge in [-0.2, -0.15) is 0 Å². The number of aryl methyl sites for hydroxylation is 1. The Morgan fingerprint density at radius 1 is 1.60 bits per heavy atom. The molecule has 2 aromatic heterocycles. The molecule has 0 bridgehead atoms. The average Bonchev–Trinajstić information content (AvgIpc) is 2.82. The van der Waals surface area contributed by atoms with E-state index >= 15 is 0 Å². The van der Waals surface area contributed by atoms with Gasteiger partial charge in [0.25, 0.3) is 0 Å². The molecule has 0 unspecified atom stereocenters. The quantitative estimate of drug-likeness (QED) is 0.729. The minimum atomic E-state index is -0.323. The van der Waals surface area contributed by atoms with Gasteiger partial charge in [-0.05, 0) is 16.7 Å². The van der Waals surface area contributed by atoms with Crippen LogP contribution in [0, 0.1) is 0 Å². The van der Waals surface area contributed by atoms with Crippen LogP contribution in [0.4, 0.5) is 0 Å². The van der Waals surface area contributed by atoms with E-state index < -0.39 is 0 Å². The number of aromatic nitrogens is 2. The summed E-state index contributed by atoms with van der Waals surface area (Å²) in [5.74, 6) is 0. The third-order valence-corrected chi connectivity index (χ3v) is 2.96. The van der Waals surface area contributed by atoms with Crippen molar-refractivity contribution >= 4 is 11.3 Å². The number of aromatic amines is 1. The molecule has 0 saturated heterocycles. The molecule has 15 heavy (non-hydrogen) atoms. The lowest BCUT2D eigenvalue weighted by atomic mass is 10.4. The van der Waals surface area contributed by atoms with Crippen molar-refractivity contribution in [3.63, 3.8) is 0 Å². The van der Waals surface area contributed by atoms with Crippen molar-refractivity contribution in [1.29, 1.82) is 0 Å². The van der Waals surface area contributed by atoms with Crippen molar-refractivity contribution in [3.05, 3.63) is 38.5 Å². The Balaban J connectivity index is 1.91.